The summed E-state index contributed by atoms with van der Waals surface area (Å²) < 4.78 is 2.17. The fourth-order valence-electron chi connectivity index (χ4n) is 3.63. The lowest BCUT2D eigenvalue weighted by molar-refractivity contribution is -0.658. The number of rotatable bonds is 1. The maximum absolute atomic E-state index is 4.97. The Labute approximate surface area is 161 Å². The molecule has 0 fully saturated rings. The minimum atomic E-state index is 0.0857. The van der Waals surface area contributed by atoms with Crippen LogP contribution in [0.15, 0.2) is 71.9 Å². The van der Waals surface area contributed by atoms with E-state index in [1.165, 1.54) is 16.7 Å². The zero-order valence-electron chi connectivity index (χ0n) is 16.7. The third-order valence-corrected chi connectivity index (χ3v) is 5.16. The van der Waals surface area contributed by atoms with Crippen molar-refractivity contribution in [2.24, 2.45) is 12.0 Å². The van der Waals surface area contributed by atoms with Crippen LogP contribution >= 0.6 is 0 Å². The predicted molar refractivity (Wildman–Crippen MR) is 113 cm³/mol. The van der Waals surface area contributed by atoms with E-state index >= 15 is 0 Å². The Morgan fingerprint density at radius 1 is 0.889 bits per heavy atom. The molecule has 3 aromatic rings. The topological polar surface area (TPSA) is 19.5 Å². The molecule has 1 aromatic heterocycles. The van der Waals surface area contributed by atoms with Gasteiger partial charge in [-0.2, -0.15) is 4.90 Å². The van der Waals surface area contributed by atoms with E-state index in [0.717, 1.165) is 23.0 Å². The van der Waals surface area contributed by atoms with Gasteiger partial charge < -0.3 is 0 Å². The van der Waals surface area contributed by atoms with Gasteiger partial charge >= 0.3 is 0 Å². The number of anilines is 2. The molecule has 3 nitrogen and oxygen atoms in total. The average molecular weight is 356 g/mol. The van der Waals surface area contributed by atoms with E-state index in [1.807, 2.05) is 6.07 Å². The van der Waals surface area contributed by atoms with Crippen LogP contribution in [0.3, 0.4) is 0 Å². The van der Waals surface area contributed by atoms with Gasteiger partial charge in [-0.1, -0.05) is 57.2 Å². The quantitative estimate of drug-likeness (QED) is 0.514. The normalized spacial score (nSPS) is 13.5. The molecule has 0 amide bonds. The Morgan fingerprint density at radius 3 is 2.30 bits per heavy atom. The van der Waals surface area contributed by atoms with Crippen molar-refractivity contribution >= 4 is 23.0 Å². The van der Waals surface area contributed by atoms with Crippen LogP contribution in [0.25, 0.3) is 11.1 Å². The first-order valence-electron chi connectivity index (χ1n) is 9.40. The smallest absolute Gasteiger partial charge is 0.236 e. The second-order valence-electron chi connectivity index (χ2n) is 8.16. The maximum atomic E-state index is 4.97. The van der Waals surface area contributed by atoms with Gasteiger partial charge in [-0.05, 0) is 29.2 Å². The molecule has 2 heterocycles. The largest absolute Gasteiger partial charge is 0.287 e. The number of fused-ring (bicyclic) bond motifs is 3. The Bertz CT molecular complexity index is 1040. The van der Waals surface area contributed by atoms with Crippen LogP contribution in [-0.2, 0) is 12.5 Å². The van der Waals surface area contributed by atoms with Gasteiger partial charge in [0.1, 0.15) is 5.69 Å². The molecular formula is C24H26N3+. The van der Waals surface area contributed by atoms with Gasteiger partial charge in [-0.25, -0.2) is 9.56 Å². The van der Waals surface area contributed by atoms with Crippen LogP contribution in [0.2, 0.25) is 0 Å². The monoisotopic (exact) mass is 356 g/mol. The molecule has 0 spiro atoms. The second kappa shape index (κ2) is 6.34. The Balaban J connectivity index is 2.00. The van der Waals surface area contributed by atoms with Gasteiger partial charge in [0, 0.05) is 24.1 Å². The van der Waals surface area contributed by atoms with Crippen molar-refractivity contribution in [1.82, 2.24) is 0 Å². The van der Waals surface area contributed by atoms with Crippen LogP contribution < -0.4 is 9.47 Å². The lowest BCUT2D eigenvalue weighted by Gasteiger charge is -2.23. The highest BCUT2D eigenvalue weighted by atomic mass is 15.3. The van der Waals surface area contributed by atoms with Crippen LogP contribution in [-0.4, -0.2) is 5.84 Å². The third-order valence-electron chi connectivity index (χ3n) is 5.16. The van der Waals surface area contributed by atoms with Crippen LogP contribution in [0.5, 0.6) is 0 Å². The Hall–Kier alpha value is -2.94. The van der Waals surface area contributed by atoms with Crippen LogP contribution in [0.1, 0.15) is 33.3 Å². The van der Waals surface area contributed by atoms with Crippen LogP contribution in [0.4, 0.5) is 17.2 Å². The molecule has 136 valence electrons. The molecule has 0 atom stereocenters. The lowest BCUT2D eigenvalue weighted by Crippen LogP contribution is -2.39. The minimum Gasteiger partial charge on any atom is -0.236 e. The highest BCUT2D eigenvalue weighted by Gasteiger charge is 2.31. The van der Waals surface area contributed by atoms with E-state index in [4.69, 9.17) is 4.99 Å². The molecule has 0 unspecified atom stereocenters. The lowest BCUT2D eigenvalue weighted by atomic mass is 9.87. The summed E-state index contributed by atoms with van der Waals surface area (Å²) in [6.07, 6.45) is 2.14. The van der Waals surface area contributed by atoms with Crippen molar-refractivity contribution in [2.75, 3.05) is 4.90 Å². The summed E-state index contributed by atoms with van der Waals surface area (Å²) >= 11 is 0. The molecule has 0 bridgehead atoms. The van der Waals surface area contributed by atoms with Crippen molar-refractivity contribution in [2.45, 2.75) is 33.1 Å². The minimum absolute atomic E-state index is 0.0857. The van der Waals surface area contributed by atoms with Gasteiger partial charge in [0.15, 0.2) is 5.84 Å². The highest BCUT2D eigenvalue weighted by Crippen LogP contribution is 2.42. The summed E-state index contributed by atoms with van der Waals surface area (Å²) in [5.74, 6) is 2.08. The number of aryl methyl sites for hydroxylation is 1. The Kier molecular flexibility index (Phi) is 4.11. The zero-order valence-corrected chi connectivity index (χ0v) is 16.7. The molecule has 3 heteroatoms. The van der Waals surface area contributed by atoms with E-state index in [2.05, 4.69) is 105 Å². The predicted octanol–water partition coefficient (Wildman–Crippen LogP) is 5.68. The van der Waals surface area contributed by atoms with E-state index in [9.17, 15) is 0 Å². The van der Waals surface area contributed by atoms with Gasteiger partial charge in [0.05, 0.1) is 18.9 Å². The summed E-state index contributed by atoms with van der Waals surface area (Å²) in [6, 6.07) is 21.4. The molecule has 4 rings (SSSR count). The second-order valence-corrected chi connectivity index (χ2v) is 8.16. The number of para-hydroxylation sites is 2. The Morgan fingerprint density at radius 2 is 1.56 bits per heavy atom. The number of nitrogens with zero attached hydrogens (tertiary/aromatic N) is 3. The van der Waals surface area contributed by atoms with Gasteiger partial charge in [-0.15, -0.1) is 0 Å². The average Bonchev–Trinajstić information content (AvgIpc) is 2.75. The molecule has 0 N–H and O–H groups in total. The summed E-state index contributed by atoms with van der Waals surface area (Å²) in [5, 5.41) is 0. The first-order valence-corrected chi connectivity index (χ1v) is 9.40. The highest BCUT2D eigenvalue weighted by molar-refractivity contribution is 6.09. The molecule has 0 saturated carbocycles. The number of amidine groups is 1. The van der Waals surface area contributed by atoms with Crippen molar-refractivity contribution in [3.63, 3.8) is 0 Å². The van der Waals surface area contributed by atoms with Crippen molar-refractivity contribution in [3.8, 4) is 11.1 Å². The number of aromatic nitrogens is 1. The molecule has 1 aliphatic heterocycles. The van der Waals surface area contributed by atoms with Crippen LogP contribution in [0, 0.1) is 0 Å². The summed E-state index contributed by atoms with van der Waals surface area (Å²) in [5.41, 5.74) is 5.94. The zero-order chi connectivity index (χ0) is 19.2. The standard InChI is InChI=1S/C24H26N3/c1-17-25-21-12-8-6-10-19(21)20-11-7-9-13-22(20)27(17)23-16-18(24(2,3)4)14-15-26(23)5/h6-16H,1-5H3/q+1. The van der Waals surface area contributed by atoms with E-state index in [0.29, 0.717) is 0 Å². The summed E-state index contributed by atoms with van der Waals surface area (Å²) in [4.78, 5) is 7.24. The molecular weight excluding hydrogens is 330 g/mol. The molecule has 1 aliphatic rings. The van der Waals surface area contributed by atoms with E-state index in [-0.39, 0.29) is 5.41 Å². The molecule has 27 heavy (non-hydrogen) atoms. The van der Waals surface area contributed by atoms with Crippen molar-refractivity contribution in [1.29, 1.82) is 0 Å². The van der Waals surface area contributed by atoms with Gasteiger partial charge in [0.25, 0.3) is 5.82 Å². The number of hydrogen-bond donors (Lipinski definition) is 0. The number of aliphatic imine (C=N–C) groups is 1. The maximum Gasteiger partial charge on any atom is 0.287 e. The molecule has 2 aromatic carbocycles. The van der Waals surface area contributed by atoms with Gasteiger partial charge in [0.2, 0.25) is 0 Å². The number of hydrogen-bond acceptors (Lipinski definition) is 2. The summed E-state index contributed by atoms with van der Waals surface area (Å²) in [6.45, 7) is 8.83. The van der Waals surface area contributed by atoms with Crippen molar-refractivity contribution in [3.05, 3.63) is 72.4 Å². The number of pyridine rings is 1. The fourth-order valence-corrected chi connectivity index (χ4v) is 3.63. The first-order chi connectivity index (χ1) is 12.9. The third kappa shape index (κ3) is 3.03. The SMILES string of the molecule is CC1=Nc2ccccc2-c2ccccc2N1c1cc(C(C)(C)C)cc[n+]1C. The molecule has 0 aliphatic carbocycles. The van der Waals surface area contributed by atoms with Crippen molar-refractivity contribution < 1.29 is 4.57 Å². The molecule has 0 saturated heterocycles. The summed E-state index contributed by atoms with van der Waals surface area (Å²) in [7, 11) is 2.09. The van der Waals surface area contributed by atoms with E-state index in [1.54, 1.807) is 0 Å². The molecule has 0 radical (unpaired) electrons. The van der Waals surface area contributed by atoms with E-state index < -0.39 is 0 Å². The fraction of sp³-hybridized carbons (Fsp3) is 0.250. The number of benzene rings is 2. The van der Waals surface area contributed by atoms with Gasteiger partial charge in [-0.3, -0.25) is 0 Å². The first kappa shape index (κ1) is 17.5.